The lowest BCUT2D eigenvalue weighted by molar-refractivity contribution is -0.671. The van der Waals surface area contributed by atoms with Gasteiger partial charge in [-0.15, -0.1) is 0 Å². The first-order valence-electron chi connectivity index (χ1n) is 9.05. The Morgan fingerprint density at radius 2 is 1.59 bits per heavy atom. The largest absolute Gasteiger partial charge is 0.744 e. The SMILES string of the molecule is C[n+]1ccc(/C=C/c2c[nH]c3ccccc23)cc1.Cc1ccc(S(=O)(=O)[O-])cc1. The van der Waals surface area contributed by atoms with Gasteiger partial charge in [0.05, 0.1) is 4.90 Å². The molecule has 0 bridgehead atoms. The third kappa shape index (κ3) is 5.63. The molecule has 0 atom stereocenters. The number of benzene rings is 2. The van der Waals surface area contributed by atoms with Gasteiger partial charge in [-0.05, 0) is 36.2 Å². The van der Waals surface area contributed by atoms with Crippen molar-refractivity contribution in [1.82, 2.24) is 4.98 Å². The number of aryl methyl sites for hydroxylation is 2. The summed E-state index contributed by atoms with van der Waals surface area (Å²) in [6.45, 7) is 1.82. The fourth-order valence-electron chi connectivity index (χ4n) is 2.75. The molecular weight excluding hydrogens is 384 g/mol. The predicted octanol–water partition coefficient (Wildman–Crippen LogP) is 4.06. The first kappa shape index (κ1) is 20.5. The average Bonchev–Trinajstić information content (AvgIpc) is 3.11. The first-order chi connectivity index (χ1) is 13.8. The van der Waals surface area contributed by atoms with E-state index in [1.54, 1.807) is 12.1 Å². The maximum Gasteiger partial charge on any atom is 0.169 e. The maximum atomic E-state index is 10.4. The number of nitrogens with zero attached hydrogens (tertiary/aromatic N) is 1. The summed E-state index contributed by atoms with van der Waals surface area (Å²) in [7, 11) is -2.25. The molecule has 0 aliphatic heterocycles. The Kier molecular flexibility index (Phi) is 6.26. The molecule has 4 rings (SSSR count). The van der Waals surface area contributed by atoms with Crippen LogP contribution in [0.1, 0.15) is 16.7 Å². The van der Waals surface area contributed by atoms with E-state index in [4.69, 9.17) is 0 Å². The minimum absolute atomic E-state index is 0.178. The minimum atomic E-state index is -4.27. The number of aromatic nitrogens is 2. The van der Waals surface area contributed by atoms with Gasteiger partial charge in [-0.25, -0.2) is 13.0 Å². The second-order valence-electron chi connectivity index (χ2n) is 6.69. The van der Waals surface area contributed by atoms with E-state index < -0.39 is 10.1 Å². The number of fused-ring (bicyclic) bond motifs is 1. The summed E-state index contributed by atoms with van der Waals surface area (Å²) in [4.78, 5) is 3.10. The molecule has 2 aromatic carbocycles. The Bertz CT molecular complexity index is 1220. The minimum Gasteiger partial charge on any atom is -0.744 e. The molecule has 1 N–H and O–H groups in total. The summed E-state index contributed by atoms with van der Waals surface area (Å²) < 4.78 is 33.2. The van der Waals surface area contributed by atoms with Gasteiger partial charge < -0.3 is 9.54 Å². The van der Waals surface area contributed by atoms with E-state index in [0.29, 0.717) is 0 Å². The number of H-pyrrole nitrogens is 1. The van der Waals surface area contributed by atoms with Crippen LogP contribution in [-0.2, 0) is 17.2 Å². The number of aromatic amines is 1. The predicted molar refractivity (Wildman–Crippen MR) is 114 cm³/mol. The topological polar surface area (TPSA) is 76.9 Å². The zero-order valence-electron chi connectivity index (χ0n) is 16.2. The van der Waals surface area contributed by atoms with Crippen molar-refractivity contribution in [2.45, 2.75) is 11.8 Å². The van der Waals surface area contributed by atoms with Crippen molar-refractivity contribution >= 4 is 33.2 Å². The van der Waals surface area contributed by atoms with Crippen LogP contribution in [0.15, 0.2) is 84.1 Å². The first-order valence-corrected chi connectivity index (χ1v) is 10.5. The molecule has 0 saturated carbocycles. The van der Waals surface area contributed by atoms with Crippen molar-refractivity contribution in [2.24, 2.45) is 7.05 Å². The molecule has 5 nitrogen and oxygen atoms in total. The number of pyridine rings is 1. The zero-order valence-corrected chi connectivity index (χ0v) is 17.1. The quantitative estimate of drug-likeness (QED) is 0.412. The Balaban J connectivity index is 0.000000188. The van der Waals surface area contributed by atoms with Gasteiger partial charge in [-0.3, -0.25) is 0 Å². The lowest BCUT2D eigenvalue weighted by atomic mass is 10.1. The Labute approximate surface area is 170 Å². The monoisotopic (exact) mass is 406 g/mol. The van der Waals surface area contributed by atoms with Gasteiger partial charge in [0.15, 0.2) is 12.4 Å². The molecule has 0 unspecified atom stereocenters. The summed E-state index contributed by atoms with van der Waals surface area (Å²) in [5.74, 6) is 0. The standard InChI is InChI=1S/C16H14N2.C7H8O3S/c1-18-10-8-13(9-11-18)6-7-14-12-17-16-5-3-2-4-15(14)16;1-6-2-4-7(5-3-6)11(8,9)10/h2-12H,1H3;2-5H,1H3,(H,8,9,10). The van der Waals surface area contributed by atoms with Crippen LogP contribution in [0.3, 0.4) is 0 Å². The molecule has 2 heterocycles. The third-order valence-corrected chi connectivity index (χ3v) is 5.24. The van der Waals surface area contributed by atoms with Crippen LogP contribution in [0.25, 0.3) is 23.1 Å². The highest BCUT2D eigenvalue weighted by Crippen LogP contribution is 2.19. The third-order valence-electron chi connectivity index (χ3n) is 4.39. The van der Waals surface area contributed by atoms with Crippen LogP contribution in [0.5, 0.6) is 0 Å². The second kappa shape index (κ2) is 8.86. The average molecular weight is 407 g/mol. The number of hydrogen-bond acceptors (Lipinski definition) is 3. The van der Waals surface area contributed by atoms with Crippen molar-refractivity contribution in [3.05, 3.63) is 95.9 Å². The van der Waals surface area contributed by atoms with Crippen LogP contribution >= 0.6 is 0 Å². The van der Waals surface area contributed by atoms with E-state index >= 15 is 0 Å². The highest BCUT2D eigenvalue weighted by Gasteiger charge is 1.99. The van der Waals surface area contributed by atoms with Crippen molar-refractivity contribution in [2.75, 3.05) is 0 Å². The molecule has 6 heteroatoms. The Morgan fingerprint density at radius 3 is 2.24 bits per heavy atom. The summed E-state index contributed by atoms with van der Waals surface area (Å²) in [6.07, 6.45) is 10.4. The molecule has 0 aliphatic rings. The van der Waals surface area contributed by atoms with Crippen molar-refractivity contribution < 1.29 is 17.5 Å². The highest BCUT2D eigenvalue weighted by atomic mass is 32.2. The summed E-state index contributed by atoms with van der Waals surface area (Å²) in [5.41, 5.74) is 4.53. The molecule has 29 heavy (non-hydrogen) atoms. The van der Waals surface area contributed by atoms with Crippen molar-refractivity contribution in [3.8, 4) is 0 Å². The normalized spacial score (nSPS) is 11.4. The van der Waals surface area contributed by atoms with E-state index in [-0.39, 0.29) is 4.90 Å². The van der Waals surface area contributed by atoms with Gasteiger partial charge in [0.25, 0.3) is 0 Å². The van der Waals surface area contributed by atoms with Gasteiger partial charge in [-0.1, -0.05) is 48.0 Å². The lowest BCUT2D eigenvalue weighted by Crippen LogP contribution is -2.25. The molecule has 0 amide bonds. The van der Waals surface area contributed by atoms with Crippen LogP contribution in [-0.4, -0.2) is 18.0 Å². The molecule has 0 aliphatic carbocycles. The molecule has 0 saturated heterocycles. The maximum absolute atomic E-state index is 10.4. The number of hydrogen-bond donors (Lipinski definition) is 1. The number of rotatable bonds is 3. The van der Waals surface area contributed by atoms with E-state index in [9.17, 15) is 13.0 Å². The van der Waals surface area contributed by atoms with Crippen LogP contribution in [0.4, 0.5) is 0 Å². The molecule has 148 valence electrons. The van der Waals surface area contributed by atoms with E-state index in [1.807, 2.05) is 30.8 Å². The summed E-state index contributed by atoms with van der Waals surface area (Å²) >= 11 is 0. The highest BCUT2D eigenvalue weighted by molar-refractivity contribution is 7.85. The van der Waals surface area contributed by atoms with Crippen LogP contribution < -0.4 is 4.57 Å². The molecular formula is C23H22N2O3S. The molecule has 2 aromatic heterocycles. The fourth-order valence-corrected chi connectivity index (χ4v) is 3.22. The summed E-state index contributed by atoms with van der Waals surface area (Å²) in [5, 5.41) is 1.26. The van der Waals surface area contributed by atoms with Gasteiger partial charge >= 0.3 is 0 Å². The van der Waals surface area contributed by atoms with Crippen LogP contribution in [0.2, 0.25) is 0 Å². The van der Waals surface area contributed by atoms with Gasteiger partial charge in [0, 0.05) is 29.2 Å². The Hall–Kier alpha value is -3.22. The van der Waals surface area contributed by atoms with E-state index in [2.05, 4.69) is 59.9 Å². The van der Waals surface area contributed by atoms with Gasteiger partial charge in [-0.2, -0.15) is 0 Å². The van der Waals surface area contributed by atoms with Gasteiger partial charge in [0.1, 0.15) is 17.2 Å². The molecule has 0 spiro atoms. The summed E-state index contributed by atoms with van der Waals surface area (Å²) in [6, 6.07) is 18.3. The molecule has 4 aromatic rings. The van der Waals surface area contributed by atoms with E-state index in [0.717, 1.165) is 5.56 Å². The molecule has 0 fully saturated rings. The van der Waals surface area contributed by atoms with Crippen molar-refractivity contribution in [3.63, 3.8) is 0 Å². The lowest BCUT2D eigenvalue weighted by Gasteiger charge is -2.05. The smallest absolute Gasteiger partial charge is 0.169 e. The van der Waals surface area contributed by atoms with Gasteiger partial charge in [0.2, 0.25) is 0 Å². The second-order valence-corrected chi connectivity index (χ2v) is 8.07. The number of para-hydroxylation sites is 1. The fraction of sp³-hybridized carbons (Fsp3) is 0.0870. The number of nitrogens with one attached hydrogen (secondary N) is 1. The van der Waals surface area contributed by atoms with E-state index in [1.165, 1.54) is 34.2 Å². The zero-order chi connectivity index (χ0) is 20.9. The van der Waals surface area contributed by atoms with Crippen LogP contribution in [0, 0.1) is 6.92 Å². The van der Waals surface area contributed by atoms with Crippen molar-refractivity contribution in [1.29, 1.82) is 0 Å². The molecule has 0 radical (unpaired) electrons. The Morgan fingerprint density at radius 1 is 0.931 bits per heavy atom.